The molecule has 1 aromatic rings. The highest BCUT2D eigenvalue weighted by atomic mass is 35.5. The summed E-state index contributed by atoms with van der Waals surface area (Å²) in [4.78, 5) is 26.8. The number of thioether (sulfide) groups is 1. The molecule has 9 heteroatoms. The van der Waals surface area contributed by atoms with Crippen molar-refractivity contribution in [1.29, 1.82) is 0 Å². The predicted octanol–water partition coefficient (Wildman–Crippen LogP) is 1.91. The van der Waals surface area contributed by atoms with Crippen LogP contribution in [0, 0.1) is 5.92 Å². The lowest BCUT2D eigenvalue weighted by atomic mass is 10.1. The van der Waals surface area contributed by atoms with Crippen molar-refractivity contribution in [2.45, 2.75) is 31.3 Å². The van der Waals surface area contributed by atoms with Gasteiger partial charge in [-0.15, -0.1) is 24.2 Å². The van der Waals surface area contributed by atoms with Crippen LogP contribution < -0.4 is 20.5 Å². The quantitative estimate of drug-likeness (QED) is 0.594. The molecule has 1 rings (SSSR count). The largest absolute Gasteiger partial charge is 0.493 e. The van der Waals surface area contributed by atoms with Crippen LogP contribution in [0.5, 0.6) is 11.5 Å². The number of carbonyl (C=O) groups excluding carboxylic acids is 2. The van der Waals surface area contributed by atoms with E-state index in [4.69, 9.17) is 15.2 Å². The number of amides is 2. The number of nitrogens with one attached hydrogen (secondary N) is 1. The number of benzene rings is 1. The number of hydrogen-bond donors (Lipinski definition) is 2. The Morgan fingerprint density at radius 2 is 1.78 bits per heavy atom. The van der Waals surface area contributed by atoms with Gasteiger partial charge in [-0.1, -0.05) is 13.8 Å². The second-order valence-corrected chi connectivity index (χ2v) is 7.10. The summed E-state index contributed by atoms with van der Waals surface area (Å²) in [7, 11) is 4.85. The average molecular weight is 420 g/mol. The fourth-order valence-electron chi connectivity index (χ4n) is 2.28. The van der Waals surface area contributed by atoms with Crippen molar-refractivity contribution in [3.05, 3.63) is 17.7 Å². The van der Waals surface area contributed by atoms with Crippen LogP contribution in [0.2, 0.25) is 0 Å². The Labute approximate surface area is 171 Å². The van der Waals surface area contributed by atoms with Crippen LogP contribution in [0.4, 0.5) is 0 Å². The number of likely N-dealkylation sites (N-methyl/N-ethyl adjacent to an activating group) is 1. The van der Waals surface area contributed by atoms with Crippen LogP contribution in [-0.4, -0.2) is 56.8 Å². The van der Waals surface area contributed by atoms with Gasteiger partial charge in [-0.3, -0.25) is 9.59 Å². The lowest BCUT2D eigenvalue weighted by Gasteiger charge is -2.21. The van der Waals surface area contributed by atoms with E-state index >= 15 is 0 Å². The van der Waals surface area contributed by atoms with Gasteiger partial charge in [0, 0.05) is 18.5 Å². The zero-order valence-electron chi connectivity index (χ0n) is 16.7. The Hall–Kier alpha value is -1.64. The molecule has 1 atom stereocenters. The van der Waals surface area contributed by atoms with Gasteiger partial charge in [0.2, 0.25) is 11.8 Å². The zero-order chi connectivity index (χ0) is 19.9. The van der Waals surface area contributed by atoms with Crippen molar-refractivity contribution in [2.24, 2.45) is 11.7 Å². The first-order valence-corrected chi connectivity index (χ1v) is 9.53. The molecular weight excluding hydrogens is 390 g/mol. The minimum absolute atomic E-state index is 0. The average Bonchev–Trinajstić information content (AvgIpc) is 2.64. The third-order valence-corrected chi connectivity index (χ3v) is 4.87. The van der Waals surface area contributed by atoms with Crippen molar-refractivity contribution >= 4 is 36.0 Å². The molecule has 0 unspecified atom stereocenters. The van der Waals surface area contributed by atoms with Gasteiger partial charge in [-0.05, 0) is 29.9 Å². The number of methoxy groups -OCH3 is 2. The van der Waals surface area contributed by atoms with Crippen LogP contribution in [0.25, 0.3) is 0 Å². The summed E-state index contributed by atoms with van der Waals surface area (Å²) in [5.74, 6) is 0.745. The number of ether oxygens (including phenoxy) is 2. The maximum absolute atomic E-state index is 12.3. The van der Waals surface area contributed by atoms with Gasteiger partial charge in [-0.2, -0.15) is 0 Å². The summed E-state index contributed by atoms with van der Waals surface area (Å²) in [6, 6.07) is 3.13. The summed E-state index contributed by atoms with van der Waals surface area (Å²) in [5, 5.41) is 2.59. The molecule has 154 valence electrons. The highest BCUT2D eigenvalue weighted by Crippen LogP contribution is 2.35. The third kappa shape index (κ3) is 7.12. The molecular formula is C18H30ClN3O4S. The van der Waals surface area contributed by atoms with Crippen LogP contribution >= 0.6 is 24.2 Å². The number of hydrogen-bond acceptors (Lipinski definition) is 6. The molecule has 3 N–H and O–H groups in total. The third-order valence-electron chi connectivity index (χ3n) is 4.05. The molecule has 0 saturated carbocycles. The first kappa shape index (κ1) is 25.4. The summed E-state index contributed by atoms with van der Waals surface area (Å²) < 4.78 is 10.7. The summed E-state index contributed by atoms with van der Waals surface area (Å²) >= 11 is 1.56. The van der Waals surface area contributed by atoms with E-state index in [1.165, 1.54) is 0 Å². The second kappa shape index (κ2) is 11.9. The van der Waals surface area contributed by atoms with E-state index in [1.54, 1.807) is 37.9 Å². The molecule has 7 nitrogen and oxygen atoms in total. The lowest BCUT2D eigenvalue weighted by Crippen LogP contribution is -2.47. The standard InChI is InChI=1S/C18H29N3O4S.ClH/c1-11(2)17(19)18(23)20-9-16(22)21(3)10-12-7-13(24-4)14(25-5)8-15(12)26-6;/h7-8,11,17H,9-10,19H2,1-6H3,(H,20,23);1H/t17-;/m0./s1. The molecule has 0 spiro atoms. The fourth-order valence-corrected chi connectivity index (χ4v) is 2.89. The van der Waals surface area contributed by atoms with Gasteiger partial charge < -0.3 is 25.4 Å². The number of nitrogens with zero attached hydrogens (tertiary/aromatic N) is 1. The van der Waals surface area contributed by atoms with Crippen molar-refractivity contribution in [1.82, 2.24) is 10.2 Å². The van der Waals surface area contributed by atoms with E-state index < -0.39 is 6.04 Å². The maximum atomic E-state index is 12.3. The molecule has 0 aliphatic heterocycles. The van der Waals surface area contributed by atoms with Crippen LogP contribution in [0.1, 0.15) is 19.4 Å². The van der Waals surface area contributed by atoms with E-state index in [1.807, 2.05) is 32.2 Å². The molecule has 0 aliphatic rings. The minimum Gasteiger partial charge on any atom is -0.493 e. The highest BCUT2D eigenvalue weighted by Gasteiger charge is 2.19. The van der Waals surface area contributed by atoms with E-state index in [0.717, 1.165) is 10.5 Å². The number of halogens is 1. The second-order valence-electron chi connectivity index (χ2n) is 6.26. The molecule has 27 heavy (non-hydrogen) atoms. The van der Waals surface area contributed by atoms with Gasteiger partial charge in [0.15, 0.2) is 11.5 Å². The summed E-state index contributed by atoms with van der Waals surface area (Å²) in [5.41, 5.74) is 6.72. The lowest BCUT2D eigenvalue weighted by molar-refractivity contribution is -0.132. The van der Waals surface area contributed by atoms with Crippen LogP contribution in [-0.2, 0) is 16.1 Å². The predicted molar refractivity (Wildman–Crippen MR) is 111 cm³/mol. The maximum Gasteiger partial charge on any atom is 0.242 e. The van der Waals surface area contributed by atoms with Crippen LogP contribution in [0.3, 0.4) is 0 Å². The molecule has 0 aliphatic carbocycles. The molecule has 0 bridgehead atoms. The molecule has 0 fully saturated rings. The topological polar surface area (TPSA) is 93.9 Å². The Balaban J connectivity index is 0.00000676. The SMILES string of the molecule is COc1cc(CN(C)C(=O)CNC(=O)[C@@H](N)C(C)C)c(SC)cc1OC.Cl. The van der Waals surface area contributed by atoms with Crippen molar-refractivity contribution in [2.75, 3.05) is 34.1 Å². The summed E-state index contributed by atoms with van der Waals surface area (Å²) in [6.45, 7) is 4.03. The van der Waals surface area contributed by atoms with Gasteiger partial charge in [0.1, 0.15) is 0 Å². The number of rotatable bonds is 9. The van der Waals surface area contributed by atoms with Gasteiger partial charge in [0.05, 0.1) is 26.8 Å². The van der Waals surface area contributed by atoms with E-state index in [2.05, 4.69) is 5.32 Å². The first-order chi connectivity index (χ1) is 12.2. The number of carbonyl (C=O) groups is 2. The first-order valence-electron chi connectivity index (χ1n) is 8.31. The smallest absolute Gasteiger partial charge is 0.242 e. The van der Waals surface area contributed by atoms with Gasteiger partial charge in [-0.25, -0.2) is 0 Å². The zero-order valence-corrected chi connectivity index (χ0v) is 18.3. The Bertz CT molecular complexity index is 643. The fraction of sp³-hybridized carbons (Fsp3) is 0.556. The van der Waals surface area contributed by atoms with E-state index in [-0.39, 0.29) is 36.7 Å². The van der Waals surface area contributed by atoms with Gasteiger partial charge >= 0.3 is 0 Å². The Kier molecular flexibility index (Phi) is 11.2. The Morgan fingerprint density at radius 1 is 1.22 bits per heavy atom. The van der Waals surface area contributed by atoms with E-state index in [9.17, 15) is 9.59 Å². The monoisotopic (exact) mass is 419 g/mol. The van der Waals surface area contributed by atoms with Crippen molar-refractivity contribution < 1.29 is 19.1 Å². The minimum atomic E-state index is -0.623. The normalized spacial score (nSPS) is 11.4. The Morgan fingerprint density at radius 3 is 2.26 bits per heavy atom. The molecule has 2 amide bonds. The molecule has 0 radical (unpaired) electrons. The summed E-state index contributed by atoms with van der Waals surface area (Å²) in [6.07, 6.45) is 1.96. The molecule has 1 aromatic carbocycles. The van der Waals surface area contributed by atoms with Crippen molar-refractivity contribution in [3.63, 3.8) is 0 Å². The molecule has 0 heterocycles. The highest BCUT2D eigenvalue weighted by molar-refractivity contribution is 7.98. The van der Waals surface area contributed by atoms with Gasteiger partial charge in [0.25, 0.3) is 0 Å². The van der Waals surface area contributed by atoms with Crippen molar-refractivity contribution in [3.8, 4) is 11.5 Å². The van der Waals surface area contributed by atoms with E-state index in [0.29, 0.717) is 18.0 Å². The molecule has 0 saturated heterocycles. The number of nitrogens with two attached hydrogens (primary N) is 1. The van der Waals surface area contributed by atoms with Crippen LogP contribution in [0.15, 0.2) is 17.0 Å². The molecule has 0 aromatic heterocycles.